The number of primary amides is 1. The van der Waals surface area contributed by atoms with Crippen molar-refractivity contribution in [3.63, 3.8) is 0 Å². The molecule has 1 atom stereocenters. The lowest BCUT2D eigenvalue weighted by Gasteiger charge is -2.21. The van der Waals surface area contributed by atoms with E-state index in [2.05, 4.69) is 0 Å². The number of carboxylic acids is 1. The van der Waals surface area contributed by atoms with E-state index in [1.165, 1.54) is 24.0 Å². The number of nitrogens with two attached hydrogens (primary N) is 1. The highest BCUT2D eigenvalue weighted by Gasteiger charge is 2.22. The summed E-state index contributed by atoms with van der Waals surface area (Å²) >= 11 is 0. The number of likely N-dealkylation sites (N-methyl/N-ethyl adjacent to an activating group) is 1. The summed E-state index contributed by atoms with van der Waals surface area (Å²) in [5, 5.41) is 19.9. The number of nitro groups is 1. The van der Waals surface area contributed by atoms with Crippen molar-refractivity contribution in [2.45, 2.75) is 19.5 Å². The zero-order chi connectivity index (χ0) is 15.4. The highest BCUT2D eigenvalue weighted by molar-refractivity contribution is 5.93. The van der Waals surface area contributed by atoms with Crippen molar-refractivity contribution in [3.8, 4) is 0 Å². The molecule has 1 amide bonds. The van der Waals surface area contributed by atoms with Gasteiger partial charge in [0.1, 0.15) is 6.04 Å². The standard InChI is InChI=1S/C12H15N3O5/c1-7(12(17)18)14(2)6-9-4-3-8(11(13)16)5-10(9)15(19)20/h3-5,7H,6H2,1-2H3,(H2,13,16)(H,17,18). The predicted octanol–water partition coefficient (Wildman–Crippen LogP) is 0.599. The number of hydrogen-bond acceptors (Lipinski definition) is 5. The van der Waals surface area contributed by atoms with Crippen LogP contribution in [0.5, 0.6) is 0 Å². The first-order valence-corrected chi connectivity index (χ1v) is 5.74. The minimum absolute atomic E-state index is 0.0365. The molecule has 0 saturated carbocycles. The second-order valence-electron chi connectivity index (χ2n) is 4.39. The molecule has 8 heteroatoms. The van der Waals surface area contributed by atoms with Gasteiger partial charge in [0.15, 0.2) is 0 Å². The molecule has 3 N–H and O–H groups in total. The summed E-state index contributed by atoms with van der Waals surface area (Å²) < 4.78 is 0. The predicted molar refractivity (Wildman–Crippen MR) is 70.2 cm³/mol. The molecule has 1 rings (SSSR count). The number of amides is 1. The van der Waals surface area contributed by atoms with E-state index in [0.29, 0.717) is 5.56 Å². The largest absolute Gasteiger partial charge is 0.480 e. The number of carbonyl (C=O) groups is 2. The number of carbonyl (C=O) groups excluding carboxylic acids is 1. The molecule has 108 valence electrons. The van der Waals surface area contributed by atoms with E-state index in [9.17, 15) is 19.7 Å². The second kappa shape index (κ2) is 6.11. The Balaban J connectivity index is 3.09. The molecule has 8 nitrogen and oxygen atoms in total. The third-order valence-electron chi connectivity index (χ3n) is 3.00. The Morgan fingerprint density at radius 1 is 1.50 bits per heavy atom. The molecule has 0 spiro atoms. The first-order chi connectivity index (χ1) is 9.23. The molecule has 0 heterocycles. The fraction of sp³-hybridized carbons (Fsp3) is 0.333. The molecular formula is C12H15N3O5. The third-order valence-corrected chi connectivity index (χ3v) is 3.00. The van der Waals surface area contributed by atoms with Gasteiger partial charge in [0.05, 0.1) is 4.92 Å². The van der Waals surface area contributed by atoms with Crippen molar-refractivity contribution in [1.29, 1.82) is 0 Å². The van der Waals surface area contributed by atoms with Crippen LogP contribution in [0, 0.1) is 10.1 Å². The average Bonchev–Trinajstić information content (AvgIpc) is 2.37. The van der Waals surface area contributed by atoms with Crippen LogP contribution in [0.15, 0.2) is 18.2 Å². The molecule has 1 aromatic rings. The zero-order valence-corrected chi connectivity index (χ0v) is 11.1. The van der Waals surface area contributed by atoms with Gasteiger partial charge in [-0.05, 0) is 20.0 Å². The Kier molecular flexibility index (Phi) is 4.76. The van der Waals surface area contributed by atoms with Crippen LogP contribution in [0.1, 0.15) is 22.8 Å². The molecule has 0 bridgehead atoms. The van der Waals surface area contributed by atoms with Gasteiger partial charge in [0.25, 0.3) is 5.69 Å². The van der Waals surface area contributed by atoms with E-state index >= 15 is 0 Å². The van der Waals surface area contributed by atoms with E-state index in [0.717, 1.165) is 6.07 Å². The molecule has 20 heavy (non-hydrogen) atoms. The van der Waals surface area contributed by atoms with Crippen molar-refractivity contribution in [3.05, 3.63) is 39.4 Å². The summed E-state index contributed by atoms with van der Waals surface area (Å²) in [6.45, 7) is 1.55. The number of aliphatic carboxylic acids is 1. The monoisotopic (exact) mass is 281 g/mol. The van der Waals surface area contributed by atoms with E-state index < -0.39 is 22.8 Å². The maximum atomic E-state index is 11.0. The summed E-state index contributed by atoms with van der Waals surface area (Å²) in [4.78, 5) is 33.7. The fourth-order valence-electron chi connectivity index (χ4n) is 1.61. The maximum Gasteiger partial charge on any atom is 0.320 e. The van der Waals surface area contributed by atoms with Crippen LogP contribution in [0.3, 0.4) is 0 Å². The van der Waals surface area contributed by atoms with Gasteiger partial charge in [-0.25, -0.2) is 0 Å². The lowest BCUT2D eigenvalue weighted by atomic mass is 10.1. The van der Waals surface area contributed by atoms with E-state index in [-0.39, 0.29) is 17.8 Å². The molecule has 1 aromatic carbocycles. The maximum absolute atomic E-state index is 11.0. The Bertz CT molecular complexity index is 558. The van der Waals surface area contributed by atoms with Crippen LogP contribution in [0.4, 0.5) is 5.69 Å². The molecule has 1 unspecified atom stereocenters. The average molecular weight is 281 g/mol. The van der Waals surface area contributed by atoms with Crippen LogP contribution in [-0.2, 0) is 11.3 Å². The summed E-state index contributed by atoms with van der Waals surface area (Å²) in [7, 11) is 1.55. The number of nitro benzene ring substituents is 1. The van der Waals surface area contributed by atoms with Crippen LogP contribution in [0.25, 0.3) is 0 Å². The van der Waals surface area contributed by atoms with Gasteiger partial charge < -0.3 is 10.8 Å². The summed E-state index contributed by atoms with van der Waals surface area (Å²) in [5.41, 5.74) is 5.17. The Morgan fingerprint density at radius 2 is 2.10 bits per heavy atom. The molecular weight excluding hydrogens is 266 g/mol. The number of rotatable bonds is 6. The second-order valence-corrected chi connectivity index (χ2v) is 4.39. The minimum Gasteiger partial charge on any atom is -0.480 e. The lowest BCUT2D eigenvalue weighted by molar-refractivity contribution is -0.385. The van der Waals surface area contributed by atoms with Crippen molar-refractivity contribution >= 4 is 17.6 Å². The van der Waals surface area contributed by atoms with Crippen LogP contribution in [0.2, 0.25) is 0 Å². The van der Waals surface area contributed by atoms with Crippen molar-refractivity contribution < 1.29 is 19.6 Å². The molecule has 0 aliphatic heterocycles. The number of carboxylic acid groups (broad SMARTS) is 1. The highest BCUT2D eigenvalue weighted by atomic mass is 16.6. The third kappa shape index (κ3) is 3.51. The highest BCUT2D eigenvalue weighted by Crippen LogP contribution is 2.22. The number of hydrogen-bond donors (Lipinski definition) is 2. The Morgan fingerprint density at radius 3 is 2.55 bits per heavy atom. The van der Waals surface area contributed by atoms with Crippen molar-refractivity contribution in [2.24, 2.45) is 5.73 Å². The fourth-order valence-corrected chi connectivity index (χ4v) is 1.61. The van der Waals surface area contributed by atoms with Crippen molar-refractivity contribution in [2.75, 3.05) is 7.05 Å². The topological polar surface area (TPSA) is 127 Å². The van der Waals surface area contributed by atoms with Crippen molar-refractivity contribution in [1.82, 2.24) is 4.90 Å². The summed E-state index contributed by atoms with van der Waals surface area (Å²) in [6, 6.07) is 3.09. The number of benzene rings is 1. The molecule has 0 aliphatic rings. The summed E-state index contributed by atoms with van der Waals surface area (Å²) in [5.74, 6) is -1.78. The first kappa shape index (κ1) is 15.6. The van der Waals surface area contributed by atoms with Gasteiger partial charge in [-0.1, -0.05) is 6.07 Å². The van der Waals surface area contributed by atoms with Crippen LogP contribution in [-0.4, -0.2) is 39.9 Å². The van der Waals surface area contributed by atoms with Gasteiger partial charge in [0.2, 0.25) is 5.91 Å². The van der Waals surface area contributed by atoms with Gasteiger partial charge in [-0.3, -0.25) is 24.6 Å². The van der Waals surface area contributed by atoms with Crippen LogP contribution < -0.4 is 5.73 Å². The van der Waals surface area contributed by atoms with Gasteiger partial charge >= 0.3 is 5.97 Å². The SMILES string of the molecule is CC(C(=O)O)N(C)Cc1ccc(C(N)=O)cc1[N+](=O)[O-]. The van der Waals surface area contributed by atoms with Gasteiger partial charge in [-0.15, -0.1) is 0 Å². The molecule has 0 fully saturated rings. The van der Waals surface area contributed by atoms with E-state index in [4.69, 9.17) is 10.8 Å². The Labute approximate surface area is 114 Å². The normalized spacial score (nSPS) is 12.2. The van der Waals surface area contributed by atoms with Gasteiger partial charge in [0, 0.05) is 23.7 Å². The molecule has 0 radical (unpaired) electrons. The minimum atomic E-state index is -1.02. The zero-order valence-electron chi connectivity index (χ0n) is 11.1. The lowest BCUT2D eigenvalue weighted by Crippen LogP contribution is -2.35. The Hall–Kier alpha value is -2.48. The smallest absolute Gasteiger partial charge is 0.320 e. The van der Waals surface area contributed by atoms with Crippen LogP contribution >= 0.6 is 0 Å². The molecule has 0 saturated heterocycles. The summed E-state index contributed by atoms with van der Waals surface area (Å²) in [6.07, 6.45) is 0. The first-order valence-electron chi connectivity index (χ1n) is 5.74. The van der Waals surface area contributed by atoms with E-state index in [1.54, 1.807) is 7.05 Å². The van der Waals surface area contributed by atoms with Gasteiger partial charge in [-0.2, -0.15) is 0 Å². The van der Waals surface area contributed by atoms with E-state index in [1.807, 2.05) is 0 Å². The quantitative estimate of drug-likeness (QED) is 0.580. The molecule has 0 aliphatic carbocycles. The number of nitrogens with zero attached hydrogens (tertiary/aromatic N) is 2. The molecule has 0 aromatic heterocycles.